The zero-order valence-electron chi connectivity index (χ0n) is 12.9. The fourth-order valence-electron chi connectivity index (χ4n) is 2.58. The summed E-state index contributed by atoms with van der Waals surface area (Å²) < 4.78 is 2.09. The Morgan fingerprint density at radius 1 is 0.870 bits per heavy atom. The van der Waals surface area contributed by atoms with Crippen LogP contribution in [0.15, 0.2) is 55.1 Å². The van der Waals surface area contributed by atoms with Gasteiger partial charge in [-0.3, -0.25) is 9.55 Å². The van der Waals surface area contributed by atoms with Gasteiger partial charge in [-0.25, -0.2) is 15.0 Å². The Hall–Kier alpha value is -3.08. The molecule has 112 valence electrons. The van der Waals surface area contributed by atoms with Gasteiger partial charge in [-0.05, 0) is 32.0 Å². The molecule has 5 heteroatoms. The second-order valence-corrected chi connectivity index (χ2v) is 5.49. The van der Waals surface area contributed by atoms with Crippen LogP contribution >= 0.6 is 0 Å². The number of hydrogen-bond donors (Lipinski definition) is 0. The lowest BCUT2D eigenvalue weighted by molar-refractivity contribution is 1.03. The van der Waals surface area contributed by atoms with Crippen LogP contribution in [0.1, 0.15) is 11.4 Å². The molecule has 1 aromatic carbocycles. The van der Waals surface area contributed by atoms with Gasteiger partial charge in [0.1, 0.15) is 11.6 Å². The first kappa shape index (κ1) is 13.6. The first-order valence-electron chi connectivity index (χ1n) is 7.41. The number of aromatic nitrogens is 5. The Labute approximate surface area is 133 Å². The Bertz CT molecular complexity index is 969. The van der Waals surface area contributed by atoms with E-state index in [4.69, 9.17) is 4.98 Å². The molecule has 0 aliphatic heterocycles. The lowest BCUT2D eigenvalue weighted by Crippen LogP contribution is -1.99. The molecule has 0 saturated carbocycles. The van der Waals surface area contributed by atoms with Gasteiger partial charge in [-0.1, -0.05) is 17.7 Å². The lowest BCUT2D eigenvalue weighted by Gasteiger charge is -2.09. The van der Waals surface area contributed by atoms with Crippen molar-refractivity contribution in [3.63, 3.8) is 0 Å². The standard InChI is InChI=1S/C18H15N5/c1-12-3-5-15(6-4-12)23-17-11-19-8-7-16(17)22-18(23)14-9-20-13(2)21-10-14/h3-11H,1-2H3. The second-order valence-electron chi connectivity index (χ2n) is 5.49. The molecule has 0 saturated heterocycles. The zero-order valence-corrected chi connectivity index (χ0v) is 12.9. The minimum absolute atomic E-state index is 0.744. The molecule has 0 bridgehead atoms. The van der Waals surface area contributed by atoms with Crippen molar-refractivity contribution < 1.29 is 0 Å². The van der Waals surface area contributed by atoms with Crippen molar-refractivity contribution in [3.8, 4) is 17.1 Å². The third kappa shape index (κ3) is 2.36. The maximum atomic E-state index is 4.75. The third-order valence-electron chi connectivity index (χ3n) is 3.79. The van der Waals surface area contributed by atoms with Gasteiger partial charge in [-0.15, -0.1) is 0 Å². The highest BCUT2D eigenvalue weighted by Crippen LogP contribution is 2.27. The molecular formula is C18H15N5. The summed E-state index contributed by atoms with van der Waals surface area (Å²) >= 11 is 0. The average molecular weight is 301 g/mol. The van der Waals surface area contributed by atoms with Gasteiger partial charge in [0, 0.05) is 24.3 Å². The Morgan fingerprint density at radius 2 is 1.61 bits per heavy atom. The Kier molecular flexibility index (Phi) is 3.12. The summed E-state index contributed by atoms with van der Waals surface area (Å²) in [5.41, 5.74) is 5.01. The smallest absolute Gasteiger partial charge is 0.148 e. The van der Waals surface area contributed by atoms with E-state index in [0.29, 0.717) is 0 Å². The van der Waals surface area contributed by atoms with Crippen molar-refractivity contribution in [2.75, 3.05) is 0 Å². The maximum absolute atomic E-state index is 4.75. The molecule has 0 atom stereocenters. The highest BCUT2D eigenvalue weighted by molar-refractivity contribution is 5.82. The average Bonchev–Trinajstić information content (AvgIpc) is 2.96. The van der Waals surface area contributed by atoms with E-state index in [1.165, 1.54) is 5.56 Å². The first-order chi connectivity index (χ1) is 11.2. The van der Waals surface area contributed by atoms with Crippen LogP contribution in [0.3, 0.4) is 0 Å². The minimum atomic E-state index is 0.744. The number of pyridine rings is 1. The summed E-state index contributed by atoms with van der Waals surface area (Å²) in [6.07, 6.45) is 7.20. The molecule has 3 aromatic heterocycles. The molecule has 0 spiro atoms. The number of aryl methyl sites for hydroxylation is 2. The van der Waals surface area contributed by atoms with Gasteiger partial charge in [0.15, 0.2) is 0 Å². The number of rotatable bonds is 2. The fourth-order valence-corrected chi connectivity index (χ4v) is 2.58. The molecule has 0 aliphatic rings. The highest BCUT2D eigenvalue weighted by Gasteiger charge is 2.14. The minimum Gasteiger partial charge on any atom is -0.291 e. The van der Waals surface area contributed by atoms with E-state index in [2.05, 4.69) is 50.7 Å². The van der Waals surface area contributed by atoms with E-state index in [-0.39, 0.29) is 0 Å². The van der Waals surface area contributed by atoms with Crippen LogP contribution in [0, 0.1) is 13.8 Å². The van der Waals surface area contributed by atoms with E-state index in [9.17, 15) is 0 Å². The summed E-state index contributed by atoms with van der Waals surface area (Å²) in [6.45, 7) is 3.95. The van der Waals surface area contributed by atoms with Crippen molar-refractivity contribution >= 4 is 11.0 Å². The largest absolute Gasteiger partial charge is 0.291 e. The van der Waals surface area contributed by atoms with Crippen LogP contribution in [0.5, 0.6) is 0 Å². The molecule has 0 fully saturated rings. The molecule has 0 N–H and O–H groups in total. The van der Waals surface area contributed by atoms with Crippen molar-refractivity contribution in [3.05, 3.63) is 66.5 Å². The van der Waals surface area contributed by atoms with Crippen LogP contribution in [-0.2, 0) is 0 Å². The van der Waals surface area contributed by atoms with Gasteiger partial charge >= 0.3 is 0 Å². The quantitative estimate of drug-likeness (QED) is 0.568. The van der Waals surface area contributed by atoms with E-state index in [1.807, 2.05) is 31.6 Å². The van der Waals surface area contributed by atoms with Crippen LogP contribution in [-0.4, -0.2) is 24.5 Å². The number of nitrogens with zero attached hydrogens (tertiary/aromatic N) is 5. The number of benzene rings is 1. The van der Waals surface area contributed by atoms with Crippen molar-refractivity contribution in [1.82, 2.24) is 24.5 Å². The predicted molar refractivity (Wildman–Crippen MR) is 89.4 cm³/mol. The third-order valence-corrected chi connectivity index (χ3v) is 3.79. The molecule has 5 nitrogen and oxygen atoms in total. The van der Waals surface area contributed by atoms with E-state index >= 15 is 0 Å². The Balaban J connectivity index is 2.01. The van der Waals surface area contributed by atoms with E-state index < -0.39 is 0 Å². The van der Waals surface area contributed by atoms with Crippen LogP contribution in [0.2, 0.25) is 0 Å². The van der Waals surface area contributed by atoms with E-state index in [1.54, 1.807) is 6.20 Å². The first-order valence-corrected chi connectivity index (χ1v) is 7.41. The summed E-state index contributed by atoms with van der Waals surface area (Å²) in [5, 5.41) is 0. The monoisotopic (exact) mass is 301 g/mol. The molecule has 0 aliphatic carbocycles. The SMILES string of the molecule is Cc1ccc(-n2c(-c3cnc(C)nc3)nc3ccncc32)cc1. The highest BCUT2D eigenvalue weighted by atomic mass is 15.1. The number of imidazole rings is 1. The van der Waals surface area contributed by atoms with Crippen molar-refractivity contribution in [2.45, 2.75) is 13.8 Å². The second kappa shape index (κ2) is 5.28. The summed E-state index contributed by atoms with van der Waals surface area (Å²) in [5.74, 6) is 1.56. The van der Waals surface area contributed by atoms with Gasteiger partial charge in [0.2, 0.25) is 0 Å². The van der Waals surface area contributed by atoms with Gasteiger partial charge in [-0.2, -0.15) is 0 Å². The lowest BCUT2D eigenvalue weighted by atomic mass is 10.2. The van der Waals surface area contributed by atoms with Gasteiger partial charge < -0.3 is 0 Å². The number of hydrogen-bond acceptors (Lipinski definition) is 4. The molecule has 4 rings (SSSR count). The maximum Gasteiger partial charge on any atom is 0.148 e. The molecule has 0 amide bonds. The van der Waals surface area contributed by atoms with Gasteiger partial charge in [0.25, 0.3) is 0 Å². The fraction of sp³-hybridized carbons (Fsp3) is 0.111. The van der Waals surface area contributed by atoms with Crippen molar-refractivity contribution in [2.24, 2.45) is 0 Å². The van der Waals surface area contributed by atoms with Crippen LogP contribution < -0.4 is 0 Å². The summed E-state index contributed by atoms with van der Waals surface area (Å²) in [6, 6.07) is 10.3. The molecule has 3 heterocycles. The molecule has 4 aromatic rings. The molecule has 23 heavy (non-hydrogen) atoms. The Morgan fingerprint density at radius 3 is 2.35 bits per heavy atom. The van der Waals surface area contributed by atoms with E-state index in [0.717, 1.165) is 33.9 Å². The van der Waals surface area contributed by atoms with Crippen molar-refractivity contribution in [1.29, 1.82) is 0 Å². The molecular weight excluding hydrogens is 286 g/mol. The van der Waals surface area contributed by atoms with Gasteiger partial charge in [0.05, 0.1) is 22.8 Å². The molecule has 0 radical (unpaired) electrons. The number of fused-ring (bicyclic) bond motifs is 1. The summed E-state index contributed by atoms with van der Waals surface area (Å²) in [7, 11) is 0. The van der Waals surface area contributed by atoms with Crippen LogP contribution in [0.4, 0.5) is 0 Å². The zero-order chi connectivity index (χ0) is 15.8. The molecule has 0 unspecified atom stereocenters. The predicted octanol–water partition coefficient (Wildman–Crippen LogP) is 3.49. The van der Waals surface area contributed by atoms with Crippen LogP contribution in [0.25, 0.3) is 28.1 Å². The topological polar surface area (TPSA) is 56.5 Å². The normalized spacial score (nSPS) is 11.0. The summed E-state index contributed by atoms with van der Waals surface area (Å²) in [4.78, 5) is 17.6.